The minimum absolute atomic E-state index is 0.0531. The van der Waals surface area contributed by atoms with Crippen molar-refractivity contribution >= 4 is 21.2 Å². The zero-order valence-electron chi connectivity index (χ0n) is 12.2. The summed E-state index contributed by atoms with van der Waals surface area (Å²) < 4.78 is 35.3. The highest BCUT2D eigenvalue weighted by Gasteiger charge is 2.20. The van der Waals surface area contributed by atoms with Gasteiger partial charge < -0.3 is 9.47 Å². The highest BCUT2D eigenvalue weighted by Crippen LogP contribution is 2.36. The van der Waals surface area contributed by atoms with Gasteiger partial charge in [-0.25, -0.2) is 18.4 Å². The maximum absolute atomic E-state index is 12.3. The first-order chi connectivity index (χ1) is 11.6. The summed E-state index contributed by atoms with van der Waals surface area (Å²) in [6, 6.07) is 5.52. The molecule has 0 atom stereocenters. The fourth-order valence-corrected chi connectivity index (χ4v) is 4.30. The Labute approximate surface area is 141 Å². The van der Waals surface area contributed by atoms with Crippen LogP contribution in [0.5, 0.6) is 11.5 Å². The molecule has 9 heteroatoms. The quantitative estimate of drug-likeness (QED) is 0.704. The molecule has 0 N–H and O–H groups in total. The van der Waals surface area contributed by atoms with Crippen LogP contribution in [0.1, 0.15) is 5.69 Å². The van der Waals surface area contributed by atoms with Crippen molar-refractivity contribution in [3.05, 3.63) is 47.9 Å². The lowest BCUT2D eigenvalue weighted by Gasteiger charge is -2.01. The molecule has 0 spiro atoms. The predicted octanol–water partition coefficient (Wildman–Crippen LogP) is 2.30. The summed E-state index contributed by atoms with van der Waals surface area (Å²) in [4.78, 5) is 12.1. The summed E-state index contributed by atoms with van der Waals surface area (Å²) in [5.41, 5.74) is 1.32. The first-order valence-electron chi connectivity index (χ1n) is 6.95. The molecule has 122 valence electrons. The van der Waals surface area contributed by atoms with E-state index in [0.29, 0.717) is 17.2 Å². The van der Waals surface area contributed by atoms with Gasteiger partial charge in [0, 0.05) is 23.3 Å². The number of fused-ring (bicyclic) bond motifs is 1. The van der Waals surface area contributed by atoms with Crippen molar-refractivity contribution in [2.45, 2.75) is 10.8 Å². The number of benzene rings is 1. The van der Waals surface area contributed by atoms with Crippen LogP contribution >= 0.6 is 11.3 Å². The maximum atomic E-state index is 12.3. The number of hydrogen-bond acceptors (Lipinski definition) is 8. The topological polar surface area (TPSA) is 91.3 Å². The van der Waals surface area contributed by atoms with Crippen molar-refractivity contribution in [3.8, 4) is 22.1 Å². The molecule has 0 radical (unpaired) electrons. The van der Waals surface area contributed by atoms with Gasteiger partial charge in [-0.3, -0.25) is 4.98 Å². The van der Waals surface area contributed by atoms with Crippen LogP contribution in [0.2, 0.25) is 0 Å². The van der Waals surface area contributed by atoms with Gasteiger partial charge in [-0.05, 0) is 18.2 Å². The first-order valence-corrected chi connectivity index (χ1v) is 9.48. The minimum atomic E-state index is -3.57. The normalized spacial score (nSPS) is 13.2. The monoisotopic (exact) mass is 361 g/mol. The smallest absolute Gasteiger partial charge is 0.231 e. The largest absolute Gasteiger partial charge is 0.454 e. The number of rotatable bonds is 4. The number of ether oxygens (including phenoxy) is 2. The van der Waals surface area contributed by atoms with E-state index in [-0.39, 0.29) is 17.6 Å². The molecule has 7 nitrogen and oxygen atoms in total. The van der Waals surface area contributed by atoms with E-state index in [1.807, 2.05) is 18.2 Å². The Bertz CT molecular complexity index is 987. The zero-order valence-corrected chi connectivity index (χ0v) is 13.9. The fourth-order valence-electron chi connectivity index (χ4n) is 2.25. The SMILES string of the molecule is O=S(=O)(Cc1csc(-c2ccc3c(c2)OCO3)n1)c1cnccn1. The van der Waals surface area contributed by atoms with Crippen molar-refractivity contribution < 1.29 is 17.9 Å². The molecule has 1 aliphatic rings. The number of hydrogen-bond donors (Lipinski definition) is 0. The van der Waals surface area contributed by atoms with Crippen LogP contribution in [-0.2, 0) is 15.6 Å². The number of aromatic nitrogens is 3. The third kappa shape index (κ3) is 2.83. The van der Waals surface area contributed by atoms with Crippen molar-refractivity contribution in [1.29, 1.82) is 0 Å². The lowest BCUT2D eigenvalue weighted by atomic mass is 10.2. The molecule has 4 rings (SSSR count). The summed E-state index contributed by atoms with van der Waals surface area (Å²) >= 11 is 1.38. The Morgan fingerprint density at radius 2 is 2.04 bits per heavy atom. The van der Waals surface area contributed by atoms with Crippen molar-refractivity contribution in [2.24, 2.45) is 0 Å². The number of nitrogens with zero attached hydrogens (tertiary/aromatic N) is 3. The van der Waals surface area contributed by atoms with E-state index in [1.165, 1.54) is 29.9 Å². The van der Waals surface area contributed by atoms with E-state index in [4.69, 9.17) is 9.47 Å². The molecular weight excluding hydrogens is 350 g/mol. The Morgan fingerprint density at radius 1 is 1.17 bits per heavy atom. The van der Waals surface area contributed by atoms with Crippen LogP contribution in [0, 0.1) is 0 Å². The standard InChI is InChI=1S/C15H11N3O4S2/c19-24(20,14-6-16-3-4-17-14)8-11-7-23-15(18-11)10-1-2-12-13(5-10)22-9-21-12/h1-7H,8-9H2. The second-order valence-corrected chi connectivity index (χ2v) is 7.81. The molecule has 3 aromatic rings. The summed E-state index contributed by atoms with van der Waals surface area (Å²) in [5, 5.41) is 2.40. The van der Waals surface area contributed by atoms with Crippen LogP contribution in [0.4, 0.5) is 0 Å². The van der Waals surface area contributed by atoms with Gasteiger partial charge in [-0.15, -0.1) is 11.3 Å². The molecule has 2 aromatic heterocycles. The van der Waals surface area contributed by atoms with Crippen LogP contribution in [-0.4, -0.2) is 30.2 Å². The zero-order chi connectivity index (χ0) is 16.6. The first kappa shape index (κ1) is 15.0. The Kier molecular flexibility index (Phi) is 3.66. The van der Waals surface area contributed by atoms with E-state index in [0.717, 1.165) is 10.6 Å². The van der Waals surface area contributed by atoms with Crippen molar-refractivity contribution in [1.82, 2.24) is 15.0 Å². The van der Waals surface area contributed by atoms with Crippen molar-refractivity contribution in [2.75, 3.05) is 6.79 Å². The van der Waals surface area contributed by atoms with Gasteiger partial charge in [0.25, 0.3) is 0 Å². The lowest BCUT2D eigenvalue weighted by molar-refractivity contribution is 0.174. The van der Waals surface area contributed by atoms with Crippen LogP contribution in [0.15, 0.2) is 47.2 Å². The molecule has 0 fully saturated rings. The Morgan fingerprint density at radius 3 is 2.88 bits per heavy atom. The Balaban J connectivity index is 1.59. The van der Waals surface area contributed by atoms with Crippen LogP contribution in [0.25, 0.3) is 10.6 Å². The summed E-state index contributed by atoms with van der Waals surface area (Å²) in [6.45, 7) is 0.207. The third-order valence-electron chi connectivity index (χ3n) is 3.37. The van der Waals surface area contributed by atoms with Gasteiger partial charge >= 0.3 is 0 Å². The minimum Gasteiger partial charge on any atom is -0.454 e. The van der Waals surface area contributed by atoms with E-state index >= 15 is 0 Å². The summed E-state index contributed by atoms with van der Waals surface area (Å²) in [6.07, 6.45) is 4.02. The average Bonchev–Trinajstić information content (AvgIpc) is 3.23. The second kappa shape index (κ2) is 5.84. The highest BCUT2D eigenvalue weighted by molar-refractivity contribution is 7.90. The van der Waals surface area contributed by atoms with Gasteiger partial charge in [-0.2, -0.15) is 0 Å². The molecule has 0 saturated heterocycles. The van der Waals surface area contributed by atoms with Crippen LogP contribution < -0.4 is 9.47 Å². The van der Waals surface area contributed by atoms with E-state index < -0.39 is 9.84 Å². The molecule has 24 heavy (non-hydrogen) atoms. The number of sulfone groups is 1. The molecule has 0 saturated carbocycles. The summed E-state index contributed by atoms with van der Waals surface area (Å²) in [5.74, 6) is 1.14. The maximum Gasteiger partial charge on any atom is 0.231 e. The van der Waals surface area contributed by atoms with Gasteiger partial charge in [0.2, 0.25) is 16.6 Å². The van der Waals surface area contributed by atoms with Gasteiger partial charge in [0.1, 0.15) is 5.01 Å². The lowest BCUT2D eigenvalue weighted by Crippen LogP contribution is -2.07. The number of thiazole rings is 1. The average molecular weight is 361 g/mol. The van der Waals surface area contributed by atoms with Gasteiger partial charge in [-0.1, -0.05) is 0 Å². The Hall–Kier alpha value is -2.52. The van der Waals surface area contributed by atoms with E-state index in [2.05, 4.69) is 15.0 Å². The highest BCUT2D eigenvalue weighted by atomic mass is 32.2. The predicted molar refractivity (Wildman–Crippen MR) is 86.6 cm³/mol. The molecular formula is C15H11N3O4S2. The van der Waals surface area contributed by atoms with Gasteiger partial charge in [0.15, 0.2) is 16.5 Å². The summed E-state index contributed by atoms with van der Waals surface area (Å²) in [7, 11) is -3.57. The van der Waals surface area contributed by atoms with Crippen LogP contribution in [0.3, 0.4) is 0 Å². The molecule has 1 aromatic carbocycles. The third-order valence-corrected chi connectivity index (χ3v) is 5.83. The molecule has 0 amide bonds. The second-order valence-electron chi connectivity index (χ2n) is 5.01. The molecule has 3 heterocycles. The van der Waals surface area contributed by atoms with Crippen molar-refractivity contribution in [3.63, 3.8) is 0 Å². The van der Waals surface area contributed by atoms with Gasteiger partial charge in [0.05, 0.1) is 17.6 Å². The van der Waals surface area contributed by atoms with E-state index in [1.54, 1.807) is 5.38 Å². The molecule has 0 aliphatic carbocycles. The molecule has 0 bridgehead atoms. The fraction of sp³-hybridized carbons (Fsp3) is 0.133. The molecule has 0 unspecified atom stereocenters. The van der Waals surface area contributed by atoms with E-state index in [9.17, 15) is 8.42 Å². The molecule has 1 aliphatic heterocycles.